The smallest absolute Gasteiger partial charge is 0.228 e. The third-order valence-corrected chi connectivity index (χ3v) is 4.03. The van der Waals surface area contributed by atoms with Gasteiger partial charge in [0.05, 0.1) is 17.9 Å². The fraction of sp³-hybridized carbons (Fsp3) is 0.500. The predicted octanol–water partition coefficient (Wildman–Crippen LogP) is 1.56. The predicted molar refractivity (Wildman–Crippen MR) is 78.7 cm³/mol. The molecule has 0 aromatic heterocycles. The van der Waals surface area contributed by atoms with Crippen LogP contribution in [0.1, 0.15) is 19.3 Å². The van der Waals surface area contributed by atoms with Crippen LogP contribution < -0.4 is 10.6 Å². The second-order valence-electron chi connectivity index (χ2n) is 5.68. The highest BCUT2D eigenvalue weighted by atomic mass is 16.5. The molecule has 21 heavy (non-hydrogen) atoms. The van der Waals surface area contributed by atoms with Gasteiger partial charge in [-0.1, -0.05) is 18.2 Å². The maximum atomic E-state index is 12.0. The van der Waals surface area contributed by atoms with Gasteiger partial charge in [0.15, 0.2) is 0 Å². The quantitative estimate of drug-likeness (QED) is 0.864. The first-order valence-electron chi connectivity index (χ1n) is 7.49. The Bertz CT molecular complexity index is 512. The summed E-state index contributed by atoms with van der Waals surface area (Å²) in [5.41, 5.74) is 0.771. The van der Waals surface area contributed by atoms with Crippen LogP contribution in [0.5, 0.6) is 0 Å². The second kappa shape index (κ2) is 6.26. The van der Waals surface area contributed by atoms with Crippen molar-refractivity contribution in [1.29, 1.82) is 0 Å². The minimum Gasteiger partial charge on any atom is -0.376 e. The van der Waals surface area contributed by atoms with E-state index in [0.29, 0.717) is 13.0 Å². The van der Waals surface area contributed by atoms with E-state index in [1.54, 1.807) is 0 Å². The molecule has 0 bridgehead atoms. The maximum absolute atomic E-state index is 12.0. The number of rotatable bonds is 5. The molecule has 2 fully saturated rings. The van der Waals surface area contributed by atoms with E-state index in [0.717, 1.165) is 25.1 Å². The summed E-state index contributed by atoms with van der Waals surface area (Å²) in [6.45, 7) is 1.34. The lowest BCUT2D eigenvalue weighted by atomic mass is 10.2. The first kappa shape index (κ1) is 14.1. The summed E-state index contributed by atoms with van der Waals surface area (Å²) in [6, 6.07) is 9.32. The number of carbonyl (C=O) groups excluding carboxylic acids is 2. The van der Waals surface area contributed by atoms with E-state index in [-0.39, 0.29) is 29.8 Å². The van der Waals surface area contributed by atoms with Crippen molar-refractivity contribution in [3.05, 3.63) is 30.3 Å². The van der Waals surface area contributed by atoms with Crippen molar-refractivity contribution in [1.82, 2.24) is 5.32 Å². The van der Waals surface area contributed by atoms with Gasteiger partial charge in [-0.05, 0) is 31.4 Å². The molecule has 112 valence electrons. The molecule has 2 aliphatic rings. The Hall–Kier alpha value is -1.88. The number of benzene rings is 1. The summed E-state index contributed by atoms with van der Waals surface area (Å²) in [4.78, 5) is 24.0. The van der Waals surface area contributed by atoms with Crippen LogP contribution in [0, 0.1) is 11.8 Å². The molecule has 3 unspecified atom stereocenters. The van der Waals surface area contributed by atoms with E-state index >= 15 is 0 Å². The van der Waals surface area contributed by atoms with Crippen molar-refractivity contribution < 1.29 is 14.3 Å². The molecule has 1 aliphatic carbocycles. The van der Waals surface area contributed by atoms with Gasteiger partial charge in [0.25, 0.3) is 0 Å². The summed E-state index contributed by atoms with van der Waals surface area (Å²) in [7, 11) is 0. The number of carbonyl (C=O) groups is 2. The molecular weight excluding hydrogens is 268 g/mol. The Morgan fingerprint density at radius 2 is 1.90 bits per heavy atom. The molecule has 2 N–H and O–H groups in total. The zero-order chi connectivity index (χ0) is 14.7. The normalized spacial score (nSPS) is 27.1. The molecule has 1 saturated heterocycles. The van der Waals surface area contributed by atoms with Crippen LogP contribution in [0.3, 0.4) is 0 Å². The number of anilines is 1. The first-order chi connectivity index (χ1) is 10.2. The van der Waals surface area contributed by atoms with Gasteiger partial charge in [0.1, 0.15) is 0 Å². The van der Waals surface area contributed by atoms with Crippen molar-refractivity contribution in [3.63, 3.8) is 0 Å². The van der Waals surface area contributed by atoms with Gasteiger partial charge in [0.2, 0.25) is 11.8 Å². The van der Waals surface area contributed by atoms with Crippen molar-refractivity contribution in [2.75, 3.05) is 18.5 Å². The highest BCUT2D eigenvalue weighted by molar-refractivity contribution is 5.99. The molecule has 1 aromatic carbocycles. The van der Waals surface area contributed by atoms with Crippen LogP contribution in [0.4, 0.5) is 5.69 Å². The van der Waals surface area contributed by atoms with Gasteiger partial charge in [-0.15, -0.1) is 0 Å². The molecular formula is C16H20N2O3. The lowest BCUT2D eigenvalue weighted by Gasteiger charge is -2.10. The third-order valence-electron chi connectivity index (χ3n) is 4.03. The van der Waals surface area contributed by atoms with Crippen molar-refractivity contribution in [3.8, 4) is 0 Å². The van der Waals surface area contributed by atoms with Crippen molar-refractivity contribution in [2.24, 2.45) is 11.8 Å². The third kappa shape index (κ3) is 3.61. The summed E-state index contributed by atoms with van der Waals surface area (Å²) in [5, 5.41) is 5.73. The largest absolute Gasteiger partial charge is 0.376 e. The van der Waals surface area contributed by atoms with Gasteiger partial charge >= 0.3 is 0 Å². The van der Waals surface area contributed by atoms with Gasteiger partial charge in [0, 0.05) is 18.8 Å². The van der Waals surface area contributed by atoms with Gasteiger partial charge in [-0.2, -0.15) is 0 Å². The minimum absolute atomic E-state index is 0.0290. The number of para-hydroxylation sites is 1. The number of hydrogen-bond donors (Lipinski definition) is 2. The fourth-order valence-corrected chi connectivity index (χ4v) is 2.68. The van der Waals surface area contributed by atoms with E-state index in [9.17, 15) is 9.59 Å². The molecule has 5 nitrogen and oxygen atoms in total. The van der Waals surface area contributed by atoms with Gasteiger partial charge in [-0.25, -0.2) is 0 Å². The standard InChI is InChI=1S/C16H20N2O3/c19-15(17-10-12-7-4-8-21-12)13-9-14(13)16(20)18-11-5-2-1-3-6-11/h1-3,5-6,12-14H,4,7-10H2,(H,17,19)(H,18,20). The van der Waals surface area contributed by atoms with Crippen LogP contribution in [-0.2, 0) is 14.3 Å². The monoisotopic (exact) mass is 288 g/mol. The van der Waals surface area contributed by atoms with Crippen LogP contribution in [0.2, 0.25) is 0 Å². The van der Waals surface area contributed by atoms with Crippen molar-refractivity contribution in [2.45, 2.75) is 25.4 Å². The Kier molecular flexibility index (Phi) is 4.20. The minimum atomic E-state index is -0.199. The molecule has 5 heteroatoms. The lowest BCUT2D eigenvalue weighted by molar-refractivity contribution is -0.125. The summed E-state index contributed by atoms with van der Waals surface area (Å²) < 4.78 is 5.46. The molecule has 0 radical (unpaired) electrons. The Balaban J connectivity index is 1.42. The highest BCUT2D eigenvalue weighted by Gasteiger charge is 2.48. The van der Waals surface area contributed by atoms with Crippen LogP contribution in [-0.4, -0.2) is 31.1 Å². The average Bonchev–Trinajstić information content (AvgIpc) is 3.14. The SMILES string of the molecule is O=C(NCC1CCCO1)C1CC1C(=O)Nc1ccccc1. The van der Waals surface area contributed by atoms with Crippen LogP contribution in [0.15, 0.2) is 30.3 Å². The van der Waals surface area contributed by atoms with Gasteiger partial charge in [-0.3, -0.25) is 9.59 Å². The maximum Gasteiger partial charge on any atom is 0.228 e. The van der Waals surface area contributed by atoms with E-state index in [2.05, 4.69) is 10.6 Å². The zero-order valence-corrected chi connectivity index (χ0v) is 11.9. The Morgan fingerprint density at radius 1 is 1.14 bits per heavy atom. The fourth-order valence-electron chi connectivity index (χ4n) is 2.68. The molecule has 1 aromatic rings. The van der Waals surface area contributed by atoms with E-state index in [1.807, 2.05) is 30.3 Å². The lowest BCUT2D eigenvalue weighted by Crippen LogP contribution is -2.33. The molecule has 1 heterocycles. The molecule has 1 aliphatic heterocycles. The van der Waals surface area contributed by atoms with Crippen LogP contribution >= 0.6 is 0 Å². The first-order valence-corrected chi connectivity index (χ1v) is 7.49. The average molecular weight is 288 g/mol. The zero-order valence-electron chi connectivity index (χ0n) is 11.9. The van der Waals surface area contributed by atoms with E-state index < -0.39 is 0 Å². The second-order valence-corrected chi connectivity index (χ2v) is 5.68. The Labute approximate surface area is 124 Å². The van der Waals surface area contributed by atoms with Crippen LogP contribution in [0.25, 0.3) is 0 Å². The van der Waals surface area contributed by atoms with Crippen molar-refractivity contribution >= 4 is 17.5 Å². The molecule has 3 atom stereocenters. The number of ether oxygens (including phenoxy) is 1. The topological polar surface area (TPSA) is 67.4 Å². The van der Waals surface area contributed by atoms with Gasteiger partial charge < -0.3 is 15.4 Å². The molecule has 0 spiro atoms. The summed E-state index contributed by atoms with van der Waals surface area (Å²) in [5.74, 6) is -0.484. The number of nitrogens with one attached hydrogen (secondary N) is 2. The van der Waals surface area contributed by atoms with E-state index in [4.69, 9.17) is 4.74 Å². The molecule has 1 saturated carbocycles. The molecule has 3 rings (SSSR count). The Morgan fingerprint density at radius 3 is 2.62 bits per heavy atom. The summed E-state index contributed by atoms with van der Waals surface area (Å²) in [6.07, 6.45) is 2.84. The highest BCUT2D eigenvalue weighted by Crippen LogP contribution is 2.39. The summed E-state index contributed by atoms with van der Waals surface area (Å²) >= 11 is 0. The number of hydrogen-bond acceptors (Lipinski definition) is 3. The van der Waals surface area contributed by atoms with E-state index in [1.165, 1.54) is 0 Å². The molecule has 2 amide bonds. The number of amides is 2.